The number of Topliss-reactive ketones (excluding diaryl/α,β-unsaturated/α-hetero) is 1. The Morgan fingerprint density at radius 1 is 1.11 bits per heavy atom. The van der Waals surface area contributed by atoms with Gasteiger partial charge in [-0.1, -0.05) is 26.7 Å². The number of carboxylic acids is 1. The second kappa shape index (κ2) is 8.66. The third kappa shape index (κ3) is 6.37. The summed E-state index contributed by atoms with van der Waals surface area (Å²) in [5.41, 5.74) is 0. The monoisotopic (exact) mass is 257 g/mol. The Morgan fingerprint density at radius 2 is 1.61 bits per heavy atom. The first-order chi connectivity index (χ1) is 8.42. The van der Waals surface area contributed by atoms with Gasteiger partial charge in [-0.15, -0.1) is 0 Å². The number of amides is 1. The molecular weight excluding hydrogens is 234 g/mol. The Labute approximate surface area is 108 Å². The molecule has 0 bridgehead atoms. The zero-order valence-corrected chi connectivity index (χ0v) is 11.4. The number of hydrogen-bond donors (Lipinski definition) is 2. The summed E-state index contributed by atoms with van der Waals surface area (Å²) in [5.74, 6) is -1.82. The first-order valence-corrected chi connectivity index (χ1v) is 6.44. The second-order valence-electron chi connectivity index (χ2n) is 4.58. The van der Waals surface area contributed by atoms with Gasteiger partial charge in [-0.2, -0.15) is 0 Å². The van der Waals surface area contributed by atoms with E-state index in [9.17, 15) is 14.4 Å². The van der Waals surface area contributed by atoms with Crippen LogP contribution in [0.25, 0.3) is 0 Å². The molecule has 0 aromatic rings. The highest BCUT2D eigenvalue weighted by atomic mass is 16.4. The Kier molecular flexibility index (Phi) is 8.00. The van der Waals surface area contributed by atoms with Gasteiger partial charge in [0.05, 0.1) is 0 Å². The van der Waals surface area contributed by atoms with Gasteiger partial charge in [-0.25, -0.2) is 4.79 Å². The van der Waals surface area contributed by atoms with Crippen LogP contribution in [0.2, 0.25) is 0 Å². The number of aliphatic carboxylic acids is 1. The first-order valence-electron chi connectivity index (χ1n) is 6.44. The van der Waals surface area contributed by atoms with Gasteiger partial charge in [0.15, 0.2) is 0 Å². The lowest BCUT2D eigenvalue weighted by molar-refractivity contribution is -0.143. The number of carboxylic acid groups (broad SMARTS) is 1. The molecule has 0 aliphatic carbocycles. The maximum Gasteiger partial charge on any atom is 0.326 e. The van der Waals surface area contributed by atoms with E-state index in [4.69, 9.17) is 5.11 Å². The molecule has 0 unspecified atom stereocenters. The summed E-state index contributed by atoms with van der Waals surface area (Å²) in [6, 6.07) is -1.11. The molecule has 0 rings (SSSR count). The van der Waals surface area contributed by atoms with Crippen molar-refractivity contribution < 1.29 is 19.5 Å². The van der Waals surface area contributed by atoms with E-state index < -0.39 is 12.0 Å². The molecular formula is C13H23NO4. The number of hydrogen-bond acceptors (Lipinski definition) is 3. The summed E-state index contributed by atoms with van der Waals surface area (Å²) < 4.78 is 0. The summed E-state index contributed by atoms with van der Waals surface area (Å²) in [6.45, 7) is 5.29. The van der Waals surface area contributed by atoms with E-state index in [1.165, 1.54) is 6.92 Å². The van der Waals surface area contributed by atoms with Gasteiger partial charge in [-0.3, -0.25) is 9.59 Å². The largest absolute Gasteiger partial charge is 0.480 e. The molecule has 0 aromatic carbocycles. The summed E-state index contributed by atoms with van der Waals surface area (Å²) in [6.07, 6.45) is 3.08. The molecule has 18 heavy (non-hydrogen) atoms. The molecule has 1 amide bonds. The van der Waals surface area contributed by atoms with Crippen LogP contribution in [0.1, 0.15) is 52.9 Å². The van der Waals surface area contributed by atoms with E-state index in [-0.39, 0.29) is 24.0 Å². The number of nitrogens with one attached hydrogen (secondary N) is 1. The fraction of sp³-hybridized carbons (Fsp3) is 0.769. The molecule has 0 saturated carbocycles. The van der Waals surface area contributed by atoms with Crippen molar-refractivity contribution in [3.63, 3.8) is 0 Å². The second-order valence-corrected chi connectivity index (χ2v) is 4.58. The molecule has 2 N–H and O–H groups in total. The minimum absolute atomic E-state index is 0.159. The Hall–Kier alpha value is -1.39. The van der Waals surface area contributed by atoms with Gasteiger partial charge in [-0.05, 0) is 19.8 Å². The van der Waals surface area contributed by atoms with Gasteiger partial charge in [0.25, 0.3) is 0 Å². The quantitative estimate of drug-likeness (QED) is 0.659. The van der Waals surface area contributed by atoms with Crippen molar-refractivity contribution in [2.75, 3.05) is 0 Å². The molecule has 1 atom stereocenters. The molecule has 0 heterocycles. The van der Waals surface area contributed by atoms with Gasteiger partial charge < -0.3 is 10.4 Å². The highest BCUT2D eigenvalue weighted by Crippen LogP contribution is 2.14. The smallest absolute Gasteiger partial charge is 0.326 e. The summed E-state index contributed by atoms with van der Waals surface area (Å²) in [5, 5.41) is 11.4. The minimum atomic E-state index is -1.16. The van der Waals surface area contributed by atoms with Gasteiger partial charge in [0, 0.05) is 12.3 Å². The van der Waals surface area contributed by atoms with Crippen molar-refractivity contribution in [2.24, 2.45) is 5.92 Å². The maximum absolute atomic E-state index is 11.9. The summed E-state index contributed by atoms with van der Waals surface area (Å²) in [7, 11) is 0. The maximum atomic E-state index is 11.9. The standard InChI is InChI=1S/C13H23NO4/c1-4-6-10(7-5-2)12(16)14-11(13(17)18)8-9(3)15/h10-11H,4-8H2,1-3H3,(H,14,16)(H,17,18)/t11-/m0/s1. The highest BCUT2D eigenvalue weighted by molar-refractivity contribution is 5.89. The molecule has 5 heteroatoms. The van der Waals surface area contributed by atoms with Crippen LogP contribution >= 0.6 is 0 Å². The van der Waals surface area contributed by atoms with Crippen LogP contribution in [-0.4, -0.2) is 28.8 Å². The molecule has 104 valence electrons. The molecule has 0 aliphatic rings. The van der Waals surface area contributed by atoms with E-state index in [1.54, 1.807) is 0 Å². The van der Waals surface area contributed by atoms with Crippen molar-refractivity contribution in [1.82, 2.24) is 5.32 Å². The SMILES string of the molecule is CCCC(CCC)C(=O)N[C@@H](CC(C)=O)C(=O)O. The Balaban J connectivity index is 4.54. The van der Waals surface area contributed by atoms with Crippen molar-refractivity contribution in [3.05, 3.63) is 0 Å². The van der Waals surface area contributed by atoms with Crippen molar-refractivity contribution >= 4 is 17.7 Å². The van der Waals surface area contributed by atoms with Crippen molar-refractivity contribution in [1.29, 1.82) is 0 Å². The van der Waals surface area contributed by atoms with Crippen molar-refractivity contribution in [2.45, 2.75) is 58.9 Å². The normalized spacial score (nSPS) is 12.2. The lowest BCUT2D eigenvalue weighted by atomic mass is 9.96. The van der Waals surface area contributed by atoms with E-state index in [2.05, 4.69) is 5.32 Å². The van der Waals surface area contributed by atoms with E-state index in [0.717, 1.165) is 25.7 Å². The third-order valence-corrected chi connectivity index (χ3v) is 2.75. The van der Waals surface area contributed by atoms with Crippen molar-refractivity contribution in [3.8, 4) is 0 Å². The van der Waals surface area contributed by atoms with Crippen LogP contribution in [0.5, 0.6) is 0 Å². The average molecular weight is 257 g/mol. The zero-order chi connectivity index (χ0) is 14.1. The van der Waals surface area contributed by atoms with Crippen LogP contribution in [0.3, 0.4) is 0 Å². The molecule has 0 spiro atoms. The van der Waals surface area contributed by atoms with Gasteiger partial charge in [0.2, 0.25) is 5.91 Å². The van der Waals surface area contributed by atoms with Crippen LogP contribution in [0.4, 0.5) is 0 Å². The predicted molar refractivity (Wildman–Crippen MR) is 68.2 cm³/mol. The van der Waals surface area contributed by atoms with E-state index >= 15 is 0 Å². The minimum Gasteiger partial charge on any atom is -0.480 e. The molecule has 5 nitrogen and oxygen atoms in total. The lowest BCUT2D eigenvalue weighted by Gasteiger charge is -2.19. The molecule has 0 radical (unpaired) electrons. The lowest BCUT2D eigenvalue weighted by Crippen LogP contribution is -2.44. The molecule has 0 aliphatic heterocycles. The third-order valence-electron chi connectivity index (χ3n) is 2.75. The topological polar surface area (TPSA) is 83.5 Å². The number of rotatable bonds is 9. The summed E-state index contributed by atoms with van der Waals surface area (Å²) >= 11 is 0. The fourth-order valence-electron chi connectivity index (χ4n) is 1.88. The predicted octanol–water partition coefficient (Wildman–Crippen LogP) is 1.75. The van der Waals surface area contributed by atoms with Gasteiger partial charge in [0.1, 0.15) is 11.8 Å². The van der Waals surface area contributed by atoms with Crippen LogP contribution < -0.4 is 5.32 Å². The van der Waals surface area contributed by atoms with Crippen LogP contribution in [-0.2, 0) is 14.4 Å². The Morgan fingerprint density at radius 3 is 1.94 bits per heavy atom. The summed E-state index contributed by atoms with van der Waals surface area (Å²) in [4.78, 5) is 33.8. The zero-order valence-electron chi connectivity index (χ0n) is 11.4. The van der Waals surface area contributed by atoms with E-state index in [0.29, 0.717) is 0 Å². The number of carbonyl (C=O) groups excluding carboxylic acids is 2. The van der Waals surface area contributed by atoms with Crippen LogP contribution in [0, 0.1) is 5.92 Å². The van der Waals surface area contributed by atoms with Gasteiger partial charge >= 0.3 is 5.97 Å². The highest BCUT2D eigenvalue weighted by Gasteiger charge is 2.25. The first kappa shape index (κ1) is 16.6. The van der Waals surface area contributed by atoms with E-state index in [1.807, 2.05) is 13.8 Å². The van der Waals surface area contributed by atoms with Crippen LogP contribution in [0.15, 0.2) is 0 Å². The average Bonchev–Trinajstić information content (AvgIpc) is 2.27. The molecule has 0 fully saturated rings. The Bertz CT molecular complexity index is 295. The molecule has 0 aromatic heterocycles. The fourth-order valence-corrected chi connectivity index (χ4v) is 1.88. The molecule has 0 saturated heterocycles. The number of carbonyl (C=O) groups is 3. The number of ketones is 1.